The summed E-state index contributed by atoms with van der Waals surface area (Å²) in [7, 11) is 0. The number of likely N-dealkylation sites (tertiary alicyclic amines) is 1. The Bertz CT molecular complexity index is 707. The van der Waals surface area contributed by atoms with Gasteiger partial charge in [0.2, 0.25) is 0 Å². The van der Waals surface area contributed by atoms with Crippen LogP contribution in [0.5, 0.6) is 0 Å². The molecule has 0 atom stereocenters. The molecule has 130 valence electrons. The summed E-state index contributed by atoms with van der Waals surface area (Å²) >= 11 is 0. The third-order valence-electron chi connectivity index (χ3n) is 6.57. The minimum absolute atomic E-state index is 0.559. The number of aromatic nitrogens is 2. The molecule has 2 aromatic rings. The van der Waals surface area contributed by atoms with Crippen molar-refractivity contribution in [1.82, 2.24) is 14.9 Å². The Morgan fingerprint density at radius 3 is 2.36 bits per heavy atom. The summed E-state index contributed by atoms with van der Waals surface area (Å²) in [5.74, 6) is 1.12. The van der Waals surface area contributed by atoms with Gasteiger partial charge in [-0.15, -0.1) is 0 Å². The lowest BCUT2D eigenvalue weighted by Gasteiger charge is -2.56. The zero-order valence-corrected chi connectivity index (χ0v) is 14.8. The molecule has 0 aromatic carbocycles. The second kappa shape index (κ2) is 6.10. The lowest BCUT2D eigenvalue weighted by molar-refractivity contribution is 0.0281. The van der Waals surface area contributed by atoms with Crippen LogP contribution in [-0.2, 0) is 0 Å². The molecule has 4 nitrogen and oxygen atoms in total. The van der Waals surface area contributed by atoms with Gasteiger partial charge in [0.05, 0.1) is 0 Å². The molecule has 1 saturated carbocycles. The maximum absolute atomic E-state index is 4.71. The van der Waals surface area contributed by atoms with Gasteiger partial charge in [-0.1, -0.05) is 12.5 Å². The Morgan fingerprint density at radius 2 is 1.76 bits per heavy atom. The van der Waals surface area contributed by atoms with E-state index in [1.807, 2.05) is 18.5 Å². The van der Waals surface area contributed by atoms with E-state index in [1.165, 1.54) is 58.3 Å². The van der Waals surface area contributed by atoms with Crippen molar-refractivity contribution < 1.29 is 0 Å². The topological polar surface area (TPSA) is 32.3 Å². The molecule has 0 radical (unpaired) electrons. The molecule has 2 aromatic heterocycles. The predicted octanol–water partition coefficient (Wildman–Crippen LogP) is 3.60. The fourth-order valence-corrected chi connectivity index (χ4v) is 4.63. The molecule has 0 bridgehead atoms. The Labute approximate surface area is 149 Å². The van der Waals surface area contributed by atoms with E-state index in [-0.39, 0.29) is 0 Å². The first-order valence-corrected chi connectivity index (χ1v) is 9.67. The van der Waals surface area contributed by atoms with Crippen molar-refractivity contribution in [2.75, 3.05) is 31.1 Å². The monoisotopic (exact) mass is 334 g/mol. The zero-order chi connectivity index (χ0) is 16.7. The minimum atomic E-state index is 0.559. The fourth-order valence-electron chi connectivity index (χ4n) is 4.63. The van der Waals surface area contributed by atoms with Crippen LogP contribution in [0.15, 0.2) is 42.9 Å². The van der Waals surface area contributed by atoms with Crippen LogP contribution in [0.2, 0.25) is 0 Å². The van der Waals surface area contributed by atoms with Gasteiger partial charge in [-0.25, -0.2) is 4.98 Å². The average Bonchev–Trinajstić information content (AvgIpc) is 2.60. The Hall–Kier alpha value is -1.94. The van der Waals surface area contributed by atoms with Crippen LogP contribution >= 0.6 is 0 Å². The van der Waals surface area contributed by atoms with E-state index in [1.54, 1.807) is 6.20 Å². The number of hydrogen-bond donors (Lipinski definition) is 0. The standard InChI is InChI=1S/C21H26N4/c1-4-19(5-1)24-11-8-21(9-12-24)15-25(16-21)20-7-6-18(14-23-20)17-3-2-10-22-13-17/h2-3,6-7,10,13-14,19H,1,4-5,8-9,11-12,15-16H2. The molecule has 5 rings (SSSR count). The highest BCUT2D eigenvalue weighted by Crippen LogP contribution is 2.43. The molecule has 3 fully saturated rings. The zero-order valence-electron chi connectivity index (χ0n) is 14.8. The molecule has 4 heteroatoms. The number of anilines is 1. The summed E-state index contributed by atoms with van der Waals surface area (Å²) in [6.07, 6.45) is 12.7. The molecule has 2 aliphatic heterocycles. The normalized spacial score (nSPS) is 23.3. The molecular formula is C21H26N4. The third-order valence-corrected chi connectivity index (χ3v) is 6.57. The summed E-state index contributed by atoms with van der Waals surface area (Å²) in [6, 6.07) is 9.30. The highest BCUT2D eigenvalue weighted by Gasteiger charge is 2.46. The Morgan fingerprint density at radius 1 is 0.960 bits per heavy atom. The second-order valence-electron chi connectivity index (χ2n) is 8.12. The van der Waals surface area contributed by atoms with Gasteiger partial charge in [-0.05, 0) is 57.0 Å². The van der Waals surface area contributed by atoms with E-state index in [9.17, 15) is 0 Å². The molecule has 25 heavy (non-hydrogen) atoms. The second-order valence-corrected chi connectivity index (χ2v) is 8.12. The molecule has 1 spiro atoms. The minimum Gasteiger partial charge on any atom is -0.355 e. The summed E-state index contributed by atoms with van der Waals surface area (Å²) < 4.78 is 0. The van der Waals surface area contributed by atoms with Gasteiger partial charge in [0.15, 0.2) is 0 Å². The van der Waals surface area contributed by atoms with Crippen LogP contribution in [0, 0.1) is 5.41 Å². The molecule has 2 saturated heterocycles. The number of hydrogen-bond acceptors (Lipinski definition) is 4. The van der Waals surface area contributed by atoms with Crippen LogP contribution in [0.25, 0.3) is 11.1 Å². The van der Waals surface area contributed by atoms with Crippen LogP contribution in [0.3, 0.4) is 0 Å². The van der Waals surface area contributed by atoms with Crippen molar-refractivity contribution in [1.29, 1.82) is 0 Å². The number of nitrogens with zero attached hydrogens (tertiary/aromatic N) is 4. The highest BCUT2D eigenvalue weighted by molar-refractivity contribution is 5.63. The molecule has 4 heterocycles. The predicted molar refractivity (Wildman–Crippen MR) is 101 cm³/mol. The van der Waals surface area contributed by atoms with Crippen LogP contribution in [-0.4, -0.2) is 47.1 Å². The van der Waals surface area contributed by atoms with Crippen LogP contribution < -0.4 is 4.90 Å². The number of rotatable bonds is 3. The Balaban J connectivity index is 1.19. The summed E-state index contributed by atoms with van der Waals surface area (Å²) in [4.78, 5) is 14.1. The lowest BCUT2D eigenvalue weighted by atomic mass is 9.71. The van der Waals surface area contributed by atoms with Gasteiger partial charge in [0.1, 0.15) is 5.82 Å². The van der Waals surface area contributed by atoms with Gasteiger partial charge in [0, 0.05) is 54.3 Å². The third kappa shape index (κ3) is 2.82. The van der Waals surface area contributed by atoms with Gasteiger partial charge < -0.3 is 9.80 Å². The summed E-state index contributed by atoms with van der Waals surface area (Å²) in [5, 5.41) is 0. The maximum atomic E-state index is 4.71. The Kier molecular flexibility index (Phi) is 3.74. The molecule has 0 unspecified atom stereocenters. The lowest BCUT2D eigenvalue weighted by Crippen LogP contribution is -2.61. The van der Waals surface area contributed by atoms with Crippen LogP contribution in [0.4, 0.5) is 5.82 Å². The number of piperidine rings is 1. The van der Waals surface area contributed by atoms with Crippen molar-refractivity contribution in [3.8, 4) is 11.1 Å². The van der Waals surface area contributed by atoms with Gasteiger partial charge >= 0.3 is 0 Å². The van der Waals surface area contributed by atoms with Crippen molar-refractivity contribution in [2.24, 2.45) is 5.41 Å². The van der Waals surface area contributed by atoms with Gasteiger partial charge in [0.25, 0.3) is 0 Å². The van der Waals surface area contributed by atoms with E-state index in [2.05, 4.69) is 33.0 Å². The SMILES string of the molecule is c1cncc(-c2ccc(N3CC4(CCN(C5CCC5)CC4)C3)nc2)c1. The van der Waals surface area contributed by atoms with Crippen molar-refractivity contribution in [3.63, 3.8) is 0 Å². The first kappa shape index (κ1) is 15.3. The maximum Gasteiger partial charge on any atom is 0.128 e. The smallest absolute Gasteiger partial charge is 0.128 e. The summed E-state index contributed by atoms with van der Waals surface area (Å²) in [6.45, 7) is 4.99. The molecule has 0 N–H and O–H groups in total. The number of pyridine rings is 2. The molecule has 1 aliphatic carbocycles. The summed E-state index contributed by atoms with van der Waals surface area (Å²) in [5.41, 5.74) is 2.83. The first-order valence-electron chi connectivity index (χ1n) is 9.67. The molecule has 0 amide bonds. The largest absolute Gasteiger partial charge is 0.355 e. The van der Waals surface area contributed by atoms with E-state index in [4.69, 9.17) is 4.98 Å². The van der Waals surface area contributed by atoms with Crippen molar-refractivity contribution >= 4 is 5.82 Å². The highest BCUT2D eigenvalue weighted by atomic mass is 15.3. The van der Waals surface area contributed by atoms with Gasteiger partial charge in [-0.2, -0.15) is 0 Å². The first-order chi connectivity index (χ1) is 12.3. The van der Waals surface area contributed by atoms with Gasteiger partial charge in [-0.3, -0.25) is 4.98 Å². The molecule has 3 aliphatic rings. The average molecular weight is 334 g/mol. The molecular weight excluding hydrogens is 308 g/mol. The quantitative estimate of drug-likeness (QED) is 0.858. The van der Waals surface area contributed by atoms with E-state index < -0.39 is 0 Å². The van der Waals surface area contributed by atoms with E-state index >= 15 is 0 Å². The van der Waals surface area contributed by atoms with Crippen LogP contribution in [0.1, 0.15) is 32.1 Å². The van der Waals surface area contributed by atoms with Crippen molar-refractivity contribution in [3.05, 3.63) is 42.9 Å². The van der Waals surface area contributed by atoms with Crippen molar-refractivity contribution in [2.45, 2.75) is 38.1 Å². The van der Waals surface area contributed by atoms with E-state index in [0.29, 0.717) is 5.41 Å². The van der Waals surface area contributed by atoms with E-state index in [0.717, 1.165) is 23.0 Å². The fraction of sp³-hybridized carbons (Fsp3) is 0.524.